The fraction of sp³-hybridized carbons (Fsp3) is 0.381. The molecule has 8 nitrogen and oxygen atoms in total. The van der Waals surface area contributed by atoms with E-state index in [1.165, 1.54) is 22.5 Å². The van der Waals surface area contributed by atoms with Gasteiger partial charge in [-0.3, -0.25) is 14.4 Å². The maximum absolute atomic E-state index is 13.9. The van der Waals surface area contributed by atoms with E-state index in [2.05, 4.69) is 5.32 Å². The Morgan fingerprint density at radius 3 is 2.71 bits per heavy atom. The Morgan fingerprint density at radius 2 is 2.10 bits per heavy atom. The van der Waals surface area contributed by atoms with Crippen LogP contribution < -0.4 is 10.7 Å². The Kier molecular flexibility index (Phi) is 6.40. The number of benzene rings is 1. The molecule has 3 N–H and O–H groups in total. The fourth-order valence-corrected chi connectivity index (χ4v) is 3.91. The molecule has 0 spiro atoms. The number of pyridine rings is 1. The Bertz CT molecular complexity index is 1090. The highest BCUT2D eigenvalue weighted by Crippen LogP contribution is 2.38. The predicted molar refractivity (Wildman–Crippen MR) is 107 cm³/mol. The molecule has 0 aliphatic carbocycles. The molecule has 166 valence electrons. The third-order valence-electron chi connectivity index (χ3n) is 5.52. The summed E-state index contributed by atoms with van der Waals surface area (Å²) in [6, 6.07) is 2.42. The summed E-state index contributed by atoms with van der Waals surface area (Å²) in [5.74, 6) is -3.18. The number of aliphatic hydroxyl groups excluding tert-OH is 1. The van der Waals surface area contributed by atoms with Gasteiger partial charge in [-0.2, -0.15) is 0 Å². The van der Waals surface area contributed by atoms with Crippen molar-refractivity contribution in [1.29, 1.82) is 0 Å². The molecule has 0 saturated carbocycles. The minimum Gasteiger partial charge on any atom is -0.503 e. The summed E-state index contributed by atoms with van der Waals surface area (Å²) in [6.07, 6.45) is -0.376. The van der Waals surface area contributed by atoms with Crippen molar-refractivity contribution in [2.75, 3.05) is 13.1 Å². The third kappa shape index (κ3) is 4.15. The van der Waals surface area contributed by atoms with Gasteiger partial charge in [0.1, 0.15) is 17.2 Å². The Balaban J connectivity index is 1.98. The number of carbonyl (C=O) groups excluding carboxylic acids is 2. The molecule has 31 heavy (non-hydrogen) atoms. The molecule has 2 unspecified atom stereocenters. The monoisotopic (exact) mass is 435 g/mol. The van der Waals surface area contributed by atoms with Crippen LogP contribution in [-0.4, -0.2) is 45.1 Å². The highest BCUT2D eigenvalue weighted by molar-refractivity contribution is 5.96. The molecule has 2 amide bonds. The molecule has 0 radical (unpaired) electrons. The maximum Gasteiger partial charge on any atom is 0.257 e. The van der Waals surface area contributed by atoms with E-state index in [4.69, 9.17) is 0 Å². The molecule has 2 heterocycles. The van der Waals surface area contributed by atoms with Crippen LogP contribution in [-0.2, 0) is 11.3 Å². The summed E-state index contributed by atoms with van der Waals surface area (Å²) < 4.78 is 28.4. The topological polar surface area (TPSA) is 112 Å². The number of aromatic hydroxyl groups is 1. The van der Waals surface area contributed by atoms with Gasteiger partial charge in [-0.05, 0) is 19.9 Å². The van der Waals surface area contributed by atoms with Gasteiger partial charge in [0, 0.05) is 37.7 Å². The molecule has 0 bridgehead atoms. The van der Waals surface area contributed by atoms with Crippen LogP contribution in [0.25, 0.3) is 0 Å². The van der Waals surface area contributed by atoms with Crippen molar-refractivity contribution >= 4 is 12.3 Å². The number of nitrogens with one attached hydrogen (secondary N) is 1. The minimum absolute atomic E-state index is 0.00540. The van der Waals surface area contributed by atoms with Crippen LogP contribution >= 0.6 is 0 Å². The van der Waals surface area contributed by atoms with Crippen LogP contribution in [0.3, 0.4) is 0 Å². The largest absolute Gasteiger partial charge is 0.503 e. The van der Waals surface area contributed by atoms with Gasteiger partial charge in [0.05, 0.1) is 23.5 Å². The van der Waals surface area contributed by atoms with Crippen molar-refractivity contribution in [2.24, 2.45) is 0 Å². The van der Waals surface area contributed by atoms with Gasteiger partial charge < -0.3 is 25.0 Å². The van der Waals surface area contributed by atoms with Crippen molar-refractivity contribution in [3.63, 3.8) is 0 Å². The Labute approximate surface area is 176 Å². The summed E-state index contributed by atoms with van der Waals surface area (Å²) in [5.41, 5.74) is -1.20. The van der Waals surface area contributed by atoms with Gasteiger partial charge in [-0.15, -0.1) is 0 Å². The normalized spacial score (nSPS) is 17.3. The minimum atomic E-state index is -1.18. The average Bonchev–Trinajstić information content (AvgIpc) is 3.05. The lowest BCUT2D eigenvalue weighted by Gasteiger charge is -2.24. The number of nitrogens with zero attached hydrogens (tertiary/aromatic N) is 2. The number of hydrogen-bond acceptors (Lipinski definition) is 5. The van der Waals surface area contributed by atoms with Crippen molar-refractivity contribution in [3.05, 3.63) is 62.6 Å². The zero-order valence-electron chi connectivity index (χ0n) is 17.1. The van der Waals surface area contributed by atoms with Crippen LogP contribution in [0, 0.1) is 18.6 Å². The van der Waals surface area contributed by atoms with Gasteiger partial charge in [0.25, 0.3) is 5.91 Å². The number of halogens is 2. The molecule has 0 fully saturated rings. The molecule has 0 saturated heterocycles. The van der Waals surface area contributed by atoms with Crippen molar-refractivity contribution in [2.45, 2.75) is 39.0 Å². The van der Waals surface area contributed by atoms with Crippen LogP contribution in [0.4, 0.5) is 8.78 Å². The molecular formula is C21H23F2N3O5. The second-order valence-electron chi connectivity index (χ2n) is 7.41. The van der Waals surface area contributed by atoms with Crippen molar-refractivity contribution < 1.29 is 28.6 Å². The zero-order valence-corrected chi connectivity index (χ0v) is 17.1. The lowest BCUT2D eigenvalue weighted by Crippen LogP contribution is -2.34. The van der Waals surface area contributed by atoms with Gasteiger partial charge >= 0.3 is 0 Å². The van der Waals surface area contributed by atoms with Gasteiger partial charge in [-0.1, -0.05) is 6.07 Å². The zero-order chi connectivity index (χ0) is 22.9. The van der Waals surface area contributed by atoms with Crippen molar-refractivity contribution in [1.82, 2.24) is 14.8 Å². The Morgan fingerprint density at radius 1 is 1.39 bits per heavy atom. The number of aromatic nitrogens is 1. The number of aliphatic hydroxyl groups is 1. The smallest absolute Gasteiger partial charge is 0.257 e. The summed E-state index contributed by atoms with van der Waals surface area (Å²) in [5, 5.41) is 23.3. The van der Waals surface area contributed by atoms with E-state index < -0.39 is 46.4 Å². The third-order valence-corrected chi connectivity index (χ3v) is 5.52. The molecule has 1 aliphatic heterocycles. The summed E-state index contributed by atoms with van der Waals surface area (Å²) in [4.78, 5) is 38.2. The van der Waals surface area contributed by atoms with E-state index >= 15 is 0 Å². The lowest BCUT2D eigenvalue weighted by atomic mass is 10.1. The van der Waals surface area contributed by atoms with Crippen molar-refractivity contribution in [3.8, 4) is 5.75 Å². The second kappa shape index (κ2) is 8.84. The maximum atomic E-state index is 13.9. The van der Waals surface area contributed by atoms with Gasteiger partial charge in [0.15, 0.2) is 5.75 Å². The predicted octanol–water partition coefficient (Wildman–Crippen LogP) is 1.53. The molecule has 1 aromatic carbocycles. The first-order valence-electron chi connectivity index (χ1n) is 9.77. The fourth-order valence-electron chi connectivity index (χ4n) is 3.91. The number of rotatable bonds is 7. The summed E-state index contributed by atoms with van der Waals surface area (Å²) in [7, 11) is 0. The molecule has 2 atom stereocenters. The van der Waals surface area contributed by atoms with Crippen LogP contribution in [0.2, 0.25) is 0 Å². The standard InChI is InChI=1S/C21H23F2N3O5/c1-3-25(10-27)9-14-7-16(28)18-17(20(30)19(29)11(2)26(14)18)21(31)24-8-12-4-5-13(22)6-15(12)23/h4-6,10,14,16,28-29H,3,7-9H2,1-2H3,(H,24,31). The molecule has 1 aromatic heterocycles. The number of carbonyl (C=O) groups is 2. The van der Waals surface area contributed by atoms with E-state index in [1.807, 2.05) is 0 Å². The van der Waals surface area contributed by atoms with Crippen LogP contribution in [0.15, 0.2) is 23.0 Å². The average molecular weight is 435 g/mol. The first kappa shape index (κ1) is 22.4. The highest BCUT2D eigenvalue weighted by Gasteiger charge is 2.37. The van der Waals surface area contributed by atoms with E-state index in [9.17, 15) is 33.4 Å². The van der Waals surface area contributed by atoms with Gasteiger partial charge in [-0.25, -0.2) is 8.78 Å². The van der Waals surface area contributed by atoms with E-state index in [1.54, 1.807) is 6.92 Å². The highest BCUT2D eigenvalue weighted by atomic mass is 19.1. The second-order valence-corrected chi connectivity index (χ2v) is 7.41. The van der Waals surface area contributed by atoms with E-state index in [0.29, 0.717) is 19.0 Å². The van der Waals surface area contributed by atoms with E-state index in [-0.39, 0.29) is 36.5 Å². The lowest BCUT2D eigenvalue weighted by molar-refractivity contribution is -0.118. The summed E-state index contributed by atoms with van der Waals surface area (Å²) >= 11 is 0. The first-order valence-corrected chi connectivity index (χ1v) is 9.77. The molecule has 10 heteroatoms. The quantitative estimate of drug-likeness (QED) is 0.571. The number of hydrogen-bond donors (Lipinski definition) is 3. The number of likely N-dealkylation sites (N-methyl/N-ethyl adjacent to an activating group) is 1. The molecule has 3 rings (SSSR count). The molecular weight excluding hydrogens is 412 g/mol. The number of amides is 2. The number of fused-ring (bicyclic) bond motifs is 1. The van der Waals surface area contributed by atoms with Crippen LogP contribution in [0.1, 0.15) is 52.8 Å². The van der Waals surface area contributed by atoms with Crippen LogP contribution in [0.5, 0.6) is 5.75 Å². The Hall–Kier alpha value is -3.27. The van der Waals surface area contributed by atoms with Gasteiger partial charge in [0.2, 0.25) is 11.8 Å². The SMILES string of the molecule is CCN(C=O)CC1CC(O)c2c(C(=O)NCc3ccc(F)cc3F)c(=O)c(O)c(C)n21. The van der Waals surface area contributed by atoms with E-state index in [0.717, 1.165) is 6.07 Å². The molecule has 2 aromatic rings. The first-order chi connectivity index (χ1) is 14.7. The molecule has 1 aliphatic rings. The summed E-state index contributed by atoms with van der Waals surface area (Å²) in [6.45, 7) is 3.58.